The van der Waals surface area contributed by atoms with Crippen LogP contribution in [0.3, 0.4) is 0 Å². The Balaban J connectivity index is 0.000000257. The highest BCUT2D eigenvalue weighted by molar-refractivity contribution is 7.86. The maximum absolute atomic E-state index is 13.5. The van der Waals surface area contributed by atoms with Crippen molar-refractivity contribution in [2.75, 3.05) is 13.2 Å². The normalized spacial score (nSPS) is 23.2. The number of nitrogens with zero attached hydrogens (tertiary/aromatic N) is 8. The van der Waals surface area contributed by atoms with E-state index in [1.807, 2.05) is 11.9 Å². The first-order chi connectivity index (χ1) is 26.9. The molecule has 25 nitrogen and oxygen atoms in total. The van der Waals surface area contributed by atoms with Crippen LogP contribution in [0.25, 0.3) is 20.9 Å². The molecular formula is C28H34F2N10O15P2S. The lowest BCUT2D eigenvalue weighted by molar-refractivity contribution is -0.0276. The molecule has 7 atom stereocenters. The molecule has 0 saturated carbocycles. The smallest absolute Gasteiger partial charge is 0.352 e. The van der Waals surface area contributed by atoms with Crippen LogP contribution in [-0.2, 0) is 37.4 Å². The summed E-state index contributed by atoms with van der Waals surface area (Å²) in [7, 11) is -16.5. The van der Waals surface area contributed by atoms with E-state index in [-0.39, 0.29) is 23.3 Å². The summed E-state index contributed by atoms with van der Waals surface area (Å²) in [5, 5.41) is 1.59. The van der Waals surface area contributed by atoms with Crippen molar-refractivity contribution >= 4 is 25.3 Å². The first kappa shape index (κ1) is 45.9. The van der Waals surface area contributed by atoms with Crippen molar-refractivity contribution in [3.05, 3.63) is 116 Å². The summed E-state index contributed by atoms with van der Waals surface area (Å²) >= 11 is 0. The van der Waals surface area contributed by atoms with E-state index in [1.165, 1.54) is 36.7 Å². The fraction of sp³-hybridized carbons (Fsp3) is 0.500. The quantitative estimate of drug-likeness (QED) is 0.0540. The SMILES string of the molecule is Cc1ccc(S(=O)(=O)OC[C@H]2O[C@@H](n3cc(C)c(=O)[nH]c3=O)C[C@H]2N=[N+]=[N-])cc1.Cc1cn([C@H]2C[C@@H](N=[N+]=[N-])[C@@H](COP(=O)(O)C(F)(F)P(=O)(O)O)O2)c(=O)[nH]c1=O. The van der Waals surface area contributed by atoms with Crippen molar-refractivity contribution in [3.63, 3.8) is 0 Å². The molecular weight excluding hydrogens is 848 g/mol. The van der Waals surface area contributed by atoms with E-state index in [1.54, 1.807) is 12.1 Å². The minimum atomic E-state index is -6.33. The molecule has 0 radical (unpaired) electrons. The van der Waals surface area contributed by atoms with E-state index in [4.69, 9.17) is 34.5 Å². The number of hydrogen-bond acceptors (Lipinski definition) is 14. The van der Waals surface area contributed by atoms with Crippen molar-refractivity contribution in [3.8, 4) is 0 Å². The molecule has 5 N–H and O–H groups in total. The van der Waals surface area contributed by atoms with E-state index in [0.29, 0.717) is 5.56 Å². The minimum absolute atomic E-state index is 0.00883. The van der Waals surface area contributed by atoms with Gasteiger partial charge in [0, 0.05) is 46.2 Å². The van der Waals surface area contributed by atoms with Gasteiger partial charge in [0.25, 0.3) is 21.2 Å². The average Bonchev–Trinajstić information content (AvgIpc) is 3.73. The standard InChI is InChI=1S/C17H19N5O6S.C11H15F2N5O9P2/c1-10-3-5-12(6-4-10)29(25,26)27-9-14-13(20-21-18)7-15(28-14)22-8-11(2)16(23)19-17(22)24;1-5-3-18(10(20)15-9(5)19)8-2-6(16-17-14)7(27-8)4-26-29(24,25)11(12,13)28(21,22)23/h3-6,8,13-15H,7,9H2,1-2H3,(H,19,23,24);3,6-8H,2,4H2,1H3,(H,24,25)(H,15,19,20)(H2,21,22,23)/t13-,14-,15-;6-,7-,8-/m11/s1. The number of ether oxygens (including phenoxy) is 2. The topological polar surface area (TPSA) is 373 Å². The van der Waals surface area contributed by atoms with Crippen molar-refractivity contribution in [2.45, 2.75) is 80.7 Å². The molecule has 3 aromatic rings. The van der Waals surface area contributed by atoms with E-state index in [2.05, 4.69) is 29.6 Å². The van der Waals surface area contributed by atoms with Crippen LogP contribution in [0.5, 0.6) is 0 Å². The number of nitrogens with one attached hydrogen (secondary N) is 2. The predicted octanol–water partition coefficient (Wildman–Crippen LogP) is 2.27. The van der Waals surface area contributed by atoms with E-state index in [9.17, 15) is 50.4 Å². The van der Waals surface area contributed by atoms with Crippen molar-refractivity contribution in [2.24, 2.45) is 10.2 Å². The Kier molecular flexibility index (Phi) is 14.2. The van der Waals surface area contributed by atoms with Gasteiger partial charge in [-0.15, -0.1) is 0 Å². The van der Waals surface area contributed by atoms with Crippen LogP contribution in [0.15, 0.2) is 71.0 Å². The van der Waals surface area contributed by atoms with Gasteiger partial charge in [-0.1, -0.05) is 27.9 Å². The number of H-pyrrole nitrogens is 2. The second kappa shape index (κ2) is 18.0. The van der Waals surface area contributed by atoms with E-state index < -0.39 is 103 Å². The number of aryl methyl sites for hydroxylation is 3. The summed E-state index contributed by atoms with van der Waals surface area (Å²) in [6.45, 7) is 3.24. The zero-order valence-corrected chi connectivity index (χ0v) is 32.7. The zero-order chi connectivity index (χ0) is 43.4. The first-order valence-corrected chi connectivity index (χ1v) is 20.9. The molecule has 0 spiro atoms. The molecule has 1 unspecified atom stereocenters. The number of hydrogen-bond donors (Lipinski definition) is 5. The number of alkyl halides is 2. The molecule has 2 aliphatic heterocycles. The maximum Gasteiger partial charge on any atom is 0.443 e. The van der Waals surface area contributed by atoms with Gasteiger partial charge >= 0.3 is 32.0 Å². The van der Waals surface area contributed by atoms with Gasteiger partial charge in [-0.2, -0.15) is 17.2 Å². The number of halogens is 2. The summed E-state index contributed by atoms with van der Waals surface area (Å²) < 4.78 is 96.6. The minimum Gasteiger partial charge on any atom is -0.352 e. The number of aromatic amines is 2. The third kappa shape index (κ3) is 10.4. The second-order valence-corrected chi connectivity index (χ2v) is 18.1. The predicted molar refractivity (Wildman–Crippen MR) is 192 cm³/mol. The molecule has 2 aliphatic rings. The molecule has 0 amide bonds. The lowest BCUT2D eigenvalue weighted by Crippen LogP contribution is -2.33. The lowest BCUT2D eigenvalue weighted by Gasteiger charge is -2.24. The number of azide groups is 2. The van der Waals surface area contributed by atoms with Gasteiger partial charge in [0.2, 0.25) is 0 Å². The van der Waals surface area contributed by atoms with Crippen molar-refractivity contribution in [1.29, 1.82) is 0 Å². The number of benzene rings is 1. The summed E-state index contributed by atoms with van der Waals surface area (Å²) in [5.74, 6) is 0. The highest BCUT2D eigenvalue weighted by atomic mass is 32.2. The fourth-order valence-corrected chi connectivity index (χ4v) is 8.31. The third-order valence-electron chi connectivity index (χ3n) is 8.52. The Labute approximate surface area is 323 Å². The summed E-state index contributed by atoms with van der Waals surface area (Å²) in [5.41, 5.74) is 16.0. The molecule has 5 rings (SSSR count). The molecule has 4 heterocycles. The second-order valence-electron chi connectivity index (χ2n) is 12.7. The third-order valence-corrected chi connectivity index (χ3v) is 13.2. The van der Waals surface area contributed by atoms with Gasteiger partial charge < -0.3 is 28.7 Å². The molecule has 58 heavy (non-hydrogen) atoms. The van der Waals surface area contributed by atoms with Crippen LogP contribution in [0.1, 0.15) is 42.0 Å². The van der Waals surface area contributed by atoms with Gasteiger partial charge in [0.1, 0.15) is 12.5 Å². The van der Waals surface area contributed by atoms with E-state index in [0.717, 1.165) is 16.3 Å². The first-order valence-electron chi connectivity index (χ1n) is 16.3. The van der Waals surface area contributed by atoms with Gasteiger partial charge in [-0.25, -0.2) is 9.59 Å². The molecule has 30 heteroatoms. The van der Waals surface area contributed by atoms with Crippen molar-refractivity contribution < 1.29 is 59.2 Å². The summed E-state index contributed by atoms with van der Waals surface area (Å²) in [6.07, 6.45) is -1.89. The zero-order valence-electron chi connectivity index (χ0n) is 30.1. The van der Waals surface area contributed by atoms with Gasteiger partial charge in [-0.3, -0.25) is 42.0 Å². The molecule has 0 aliphatic carbocycles. The Morgan fingerprint density at radius 2 is 1.28 bits per heavy atom. The Morgan fingerprint density at radius 3 is 1.69 bits per heavy atom. The Morgan fingerprint density at radius 1 is 0.845 bits per heavy atom. The van der Waals surface area contributed by atoms with E-state index >= 15 is 0 Å². The van der Waals surface area contributed by atoms with Crippen LogP contribution < -0.4 is 22.5 Å². The lowest BCUT2D eigenvalue weighted by atomic mass is 10.1. The Hall–Kier alpha value is -4.81. The van der Waals surface area contributed by atoms with Crippen LogP contribution in [0, 0.1) is 20.8 Å². The molecule has 1 aromatic carbocycles. The van der Waals surface area contributed by atoms with Gasteiger partial charge in [-0.05, 0) is 44.0 Å². The average molecular weight is 883 g/mol. The Bertz CT molecular complexity index is 2570. The van der Waals surface area contributed by atoms with Crippen LogP contribution >= 0.6 is 15.2 Å². The maximum atomic E-state index is 13.5. The monoisotopic (exact) mass is 882 g/mol. The van der Waals surface area contributed by atoms with Crippen molar-refractivity contribution in [1.82, 2.24) is 19.1 Å². The molecule has 2 fully saturated rings. The van der Waals surface area contributed by atoms with Gasteiger partial charge in [0.05, 0.1) is 42.4 Å². The molecule has 2 saturated heterocycles. The fourth-order valence-electron chi connectivity index (χ4n) is 5.39. The molecule has 0 bridgehead atoms. The highest BCUT2D eigenvalue weighted by Gasteiger charge is 2.65. The number of rotatable bonds is 13. The molecule has 316 valence electrons. The van der Waals surface area contributed by atoms with Crippen LogP contribution in [-0.4, -0.2) is 85.1 Å². The van der Waals surface area contributed by atoms with Gasteiger partial charge in [0.15, 0.2) is 0 Å². The number of aromatic nitrogens is 4. The summed E-state index contributed by atoms with van der Waals surface area (Å²) in [6, 6.07) is 4.25. The largest absolute Gasteiger partial charge is 0.443 e. The van der Waals surface area contributed by atoms with Crippen LogP contribution in [0.2, 0.25) is 0 Å². The van der Waals surface area contributed by atoms with Crippen LogP contribution in [0.4, 0.5) is 8.78 Å². The summed E-state index contributed by atoms with van der Waals surface area (Å²) in [4.78, 5) is 82.8. The molecule has 2 aromatic heterocycles. The highest BCUT2D eigenvalue weighted by Crippen LogP contribution is 2.73.